The Morgan fingerprint density at radius 3 is 2.85 bits per heavy atom. The lowest BCUT2D eigenvalue weighted by Crippen LogP contribution is -2.18. The van der Waals surface area contributed by atoms with Gasteiger partial charge < -0.3 is 4.42 Å². The van der Waals surface area contributed by atoms with Crippen LogP contribution in [0.1, 0.15) is 16.1 Å². The summed E-state index contributed by atoms with van der Waals surface area (Å²) in [4.78, 5) is 26.1. The molecule has 136 valence electrons. The molecule has 3 aromatic rings. The number of nitrogens with zero attached hydrogens (tertiary/aromatic N) is 3. The third kappa shape index (κ3) is 4.39. The summed E-state index contributed by atoms with van der Waals surface area (Å²) in [5.74, 6) is 0.363. The van der Waals surface area contributed by atoms with E-state index >= 15 is 0 Å². The third-order valence-electron chi connectivity index (χ3n) is 3.42. The lowest BCUT2D eigenvalue weighted by molar-refractivity contribution is -0.384. The highest BCUT2D eigenvalue weighted by Crippen LogP contribution is 2.32. The summed E-state index contributed by atoms with van der Waals surface area (Å²) in [5.41, 5.74) is 3.14. The van der Waals surface area contributed by atoms with Crippen molar-refractivity contribution in [1.82, 2.24) is 10.4 Å². The molecule has 0 atom stereocenters. The van der Waals surface area contributed by atoms with Crippen molar-refractivity contribution in [2.45, 2.75) is 0 Å². The van der Waals surface area contributed by atoms with Crippen molar-refractivity contribution in [1.29, 1.82) is 0 Å². The van der Waals surface area contributed by atoms with Gasteiger partial charge in [0.15, 0.2) is 0 Å². The van der Waals surface area contributed by atoms with E-state index in [-0.39, 0.29) is 16.4 Å². The number of nitro groups is 1. The number of non-ortho nitro benzene ring substituents is 1. The van der Waals surface area contributed by atoms with Crippen LogP contribution >= 0.6 is 27.5 Å². The Balaban J connectivity index is 1.71. The number of pyridine rings is 1. The van der Waals surface area contributed by atoms with Crippen LogP contribution in [0.2, 0.25) is 5.15 Å². The van der Waals surface area contributed by atoms with E-state index in [1.165, 1.54) is 30.6 Å². The number of hydrogen-bond donors (Lipinski definition) is 1. The predicted molar refractivity (Wildman–Crippen MR) is 103 cm³/mol. The molecule has 2 aromatic heterocycles. The summed E-state index contributed by atoms with van der Waals surface area (Å²) >= 11 is 9.14. The lowest BCUT2D eigenvalue weighted by Gasteiger charge is -2.01. The molecule has 1 N–H and O–H groups in total. The van der Waals surface area contributed by atoms with Crippen LogP contribution < -0.4 is 5.43 Å². The summed E-state index contributed by atoms with van der Waals surface area (Å²) < 4.78 is 6.15. The molecule has 27 heavy (non-hydrogen) atoms. The molecule has 0 aliphatic rings. The number of hydrazone groups is 1. The monoisotopic (exact) mass is 448 g/mol. The molecule has 0 saturated carbocycles. The molecule has 0 aliphatic carbocycles. The molecular weight excluding hydrogens is 440 g/mol. The first-order valence-electron chi connectivity index (χ1n) is 7.44. The summed E-state index contributed by atoms with van der Waals surface area (Å²) in [6, 6.07) is 10.8. The Bertz CT molecular complexity index is 1050. The maximum atomic E-state index is 12.0. The SMILES string of the molecule is O=C(NN=Cc1ccc(-c2ccc([N+](=O)[O-])cc2Br)o1)c1cccnc1Cl. The van der Waals surface area contributed by atoms with Gasteiger partial charge in [-0.1, -0.05) is 11.6 Å². The molecule has 0 spiro atoms. The second-order valence-electron chi connectivity index (χ2n) is 5.16. The van der Waals surface area contributed by atoms with E-state index in [1.54, 1.807) is 24.3 Å². The van der Waals surface area contributed by atoms with Crippen LogP contribution in [0.3, 0.4) is 0 Å². The average Bonchev–Trinajstić information content (AvgIpc) is 3.10. The first kappa shape index (κ1) is 18.7. The van der Waals surface area contributed by atoms with Gasteiger partial charge in [-0.3, -0.25) is 14.9 Å². The highest BCUT2D eigenvalue weighted by atomic mass is 79.9. The second kappa shape index (κ2) is 8.11. The molecule has 1 amide bonds. The van der Waals surface area contributed by atoms with Gasteiger partial charge in [-0.2, -0.15) is 5.10 Å². The van der Waals surface area contributed by atoms with E-state index in [0.717, 1.165) is 0 Å². The maximum absolute atomic E-state index is 12.0. The maximum Gasteiger partial charge on any atom is 0.274 e. The summed E-state index contributed by atoms with van der Waals surface area (Å²) in [5, 5.41) is 14.7. The second-order valence-corrected chi connectivity index (χ2v) is 6.38. The minimum absolute atomic E-state index is 0.0317. The van der Waals surface area contributed by atoms with E-state index in [2.05, 4.69) is 31.4 Å². The Kier molecular flexibility index (Phi) is 5.63. The normalized spacial score (nSPS) is 10.9. The Morgan fingerprint density at radius 2 is 2.15 bits per heavy atom. The molecule has 2 heterocycles. The Labute approximate surface area is 166 Å². The van der Waals surface area contributed by atoms with Crippen LogP contribution in [0, 0.1) is 10.1 Å². The van der Waals surface area contributed by atoms with Crippen molar-refractivity contribution in [2.24, 2.45) is 5.10 Å². The van der Waals surface area contributed by atoms with E-state index in [0.29, 0.717) is 21.6 Å². The van der Waals surface area contributed by atoms with Gasteiger partial charge in [-0.15, -0.1) is 0 Å². The van der Waals surface area contributed by atoms with Crippen molar-refractivity contribution in [3.8, 4) is 11.3 Å². The van der Waals surface area contributed by atoms with E-state index in [1.807, 2.05) is 0 Å². The van der Waals surface area contributed by atoms with Crippen LogP contribution in [0.25, 0.3) is 11.3 Å². The van der Waals surface area contributed by atoms with Crippen LogP contribution in [0.5, 0.6) is 0 Å². The molecular formula is C17H10BrClN4O4. The Hall–Kier alpha value is -3.04. The first-order chi connectivity index (χ1) is 13.0. The standard InChI is InChI=1S/C17H10BrClN4O4/c18-14-8-10(23(25)26)3-5-12(14)15-6-4-11(27-15)9-21-22-17(24)13-2-1-7-20-16(13)19/h1-9H,(H,22,24). The fraction of sp³-hybridized carbons (Fsp3) is 0. The fourth-order valence-corrected chi connectivity index (χ4v) is 2.92. The van der Waals surface area contributed by atoms with Gasteiger partial charge in [0.25, 0.3) is 11.6 Å². The van der Waals surface area contributed by atoms with Gasteiger partial charge in [-0.25, -0.2) is 10.4 Å². The number of carbonyl (C=O) groups excluding carboxylic acids is 1. The number of halogens is 2. The number of rotatable bonds is 5. The van der Waals surface area contributed by atoms with Crippen LogP contribution in [-0.4, -0.2) is 22.0 Å². The third-order valence-corrected chi connectivity index (χ3v) is 4.37. The van der Waals surface area contributed by atoms with E-state index in [4.69, 9.17) is 16.0 Å². The van der Waals surface area contributed by atoms with Gasteiger partial charge in [0.05, 0.1) is 16.7 Å². The van der Waals surface area contributed by atoms with Gasteiger partial charge in [0.1, 0.15) is 16.7 Å². The molecule has 1 aromatic carbocycles. The number of nitro benzene ring substituents is 1. The number of amides is 1. The molecule has 0 radical (unpaired) electrons. The topological polar surface area (TPSA) is 111 Å². The van der Waals surface area contributed by atoms with Gasteiger partial charge in [0.2, 0.25) is 0 Å². The van der Waals surface area contributed by atoms with Gasteiger partial charge >= 0.3 is 0 Å². The zero-order valence-electron chi connectivity index (χ0n) is 13.4. The summed E-state index contributed by atoms with van der Waals surface area (Å²) in [7, 11) is 0. The molecule has 8 nitrogen and oxygen atoms in total. The number of hydrogen-bond acceptors (Lipinski definition) is 6. The predicted octanol–water partition coefficient (Wildman–Crippen LogP) is 4.43. The summed E-state index contributed by atoms with van der Waals surface area (Å²) in [6.07, 6.45) is 2.80. The largest absolute Gasteiger partial charge is 0.455 e. The molecule has 3 rings (SSSR count). The molecule has 0 fully saturated rings. The van der Waals surface area contributed by atoms with Crippen molar-refractivity contribution in [3.63, 3.8) is 0 Å². The molecule has 0 saturated heterocycles. The lowest BCUT2D eigenvalue weighted by atomic mass is 10.1. The quantitative estimate of drug-likeness (QED) is 0.268. The van der Waals surface area contributed by atoms with Crippen molar-refractivity contribution >= 4 is 45.3 Å². The van der Waals surface area contributed by atoms with E-state index < -0.39 is 10.8 Å². The minimum atomic E-state index is -0.505. The van der Waals surface area contributed by atoms with Crippen LogP contribution in [0.4, 0.5) is 5.69 Å². The van der Waals surface area contributed by atoms with E-state index in [9.17, 15) is 14.9 Å². The van der Waals surface area contributed by atoms with Gasteiger partial charge in [0, 0.05) is 28.4 Å². The molecule has 0 aliphatic heterocycles. The average molecular weight is 450 g/mol. The van der Waals surface area contributed by atoms with Crippen LogP contribution in [0.15, 0.2) is 62.7 Å². The molecule has 10 heteroatoms. The number of carbonyl (C=O) groups is 1. The zero-order chi connectivity index (χ0) is 19.4. The number of aromatic nitrogens is 1. The smallest absolute Gasteiger partial charge is 0.274 e. The number of benzene rings is 1. The fourth-order valence-electron chi connectivity index (χ4n) is 2.15. The highest BCUT2D eigenvalue weighted by Gasteiger charge is 2.13. The number of nitrogens with one attached hydrogen (secondary N) is 1. The highest BCUT2D eigenvalue weighted by molar-refractivity contribution is 9.10. The van der Waals surface area contributed by atoms with Crippen LogP contribution in [-0.2, 0) is 0 Å². The first-order valence-corrected chi connectivity index (χ1v) is 8.61. The zero-order valence-corrected chi connectivity index (χ0v) is 15.8. The Morgan fingerprint density at radius 1 is 1.33 bits per heavy atom. The van der Waals surface area contributed by atoms with Crippen molar-refractivity contribution < 1.29 is 14.1 Å². The van der Waals surface area contributed by atoms with Crippen molar-refractivity contribution in [2.75, 3.05) is 0 Å². The number of furan rings is 1. The molecule has 0 unspecified atom stereocenters. The molecule has 0 bridgehead atoms. The van der Waals surface area contributed by atoms with Crippen molar-refractivity contribution in [3.05, 3.63) is 79.7 Å². The minimum Gasteiger partial charge on any atom is -0.455 e. The summed E-state index contributed by atoms with van der Waals surface area (Å²) in [6.45, 7) is 0. The van der Waals surface area contributed by atoms with Gasteiger partial charge in [-0.05, 0) is 46.3 Å².